The van der Waals surface area contributed by atoms with E-state index in [1.54, 1.807) is 30.3 Å². The Labute approximate surface area is 242 Å². The van der Waals surface area contributed by atoms with Crippen molar-refractivity contribution in [1.82, 2.24) is 10.2 Å². The summed E-state index contributed by atoms with van der Waals surface area (Å²) in [7, 11) is 0. The number of halogens is 2. The summed E-state index contributed by atoms with van der Waals surface area (Å²) in [5, 5.41) is 20.5. The molecule has 3 aromatic carbocycles. The maximum atomic E-state index is 15.2. The lowest BCUT2D eigenvalue weighted by Gasteiger charge is -2.22. The highest BCUT2D eigenvalue weighted by Gasteiger charge is 2.49. The summed E-state index contributed by atoms with van der Waals surface area (Å²) >= 11 is 8.74. The van der Waals surface area contributed by atoms with E-state index in [9.17, 15) is 14.7 Å². The fraction of sp³-hybridized carbons (Fsp3) is 0.172. The third-order valence-corrected chi connectivity index (χ3v) is 9.20. The molecule has 1 amide bonds. The van der Waals surface area contributed by atoms with Gasteiger partial charge in [-0.1, -0.05) is 71.1 Å². The number of nitrogens with zero attached hydrogens (tertiary/aromatic N) is 3. The van der Waals surface area contributed by atoms with E-state index in [-0.39, 0.29) is 22.4 Å². The number of amides is 1. The lowest BCUT2D eigenvalue weighted by atomic mass is 9.94. The van der Waals surface area contributed by atoms with E-state index in [0.717, 1.165) is 27.4 Å². The zero-order valence-electron chi connectivity index (χ0n) is 21.0. The van der Waals surface area contributed by atoms with E-state index in [0.29, 0.717) is 32.8 Å². The van der Waals surface area contributed by atoms with Gasteiger partial charge in [0.2, 0.25) is 5.13 Å². The molecule has 2 aliphatic rings. The SMILES string of the molecule is C[C@@H]1Cc2cc(C(O)=C3C(=O)C(=O)N(c4nnc(SCc5ccccc5Cl)s4)[C@H]3c3ccccc3F)ccc2O1. The Morgan fingerprint density at radius 3 is 2.73 bits per heavy atom. The Kier molecular flexibility index (Phi) is 7.07. The van der Waals surface area contributed by atoms with Crippen LogP contribution in [-0.4, -0.2) is 33.1 Å². The van der Waals surface area contributed by atoms with Crippen molar-refractivity contribution in [3.05, 3.63) is 105 Å². The molecule has 202 valence electrons. The van der Waals surface area contributed by atoms with Gasteiger partial charge in [0.1, 0.15) is 29.5 Å². The van der Waals surface area contributed by atoms with Crippen LogP contribution in [0.5, 0.6) is 5.75 Å². The number of hydrogen-bond acceptors (Lipinski definition) is 8. The molecule has 11 heteroatoms. The standard InChI is InChI=1S/C29H21ClFN3O4S2/c1-15-12-18-13-16(10-11-22(18)38-15)25(35)23-24(19-7-3-5-9-21(19)31)34(27(37)26(23)36)28-32-33-29(40-28)39-14-17-6-2-4-8-20(17)30/h2-11,13,15,24,35H,12,14H2,1H3/t15-,24+/m1/s1. The van der Waals surface area contributed by atoms with Crippen molar-refractivity contribution in [2.24, 2.45) is 0 Å². The first-order chi connectivity index (χ1) is 19.3. The number of anilines is 1. The first-order valence-electron chi connectivity index (χ1n) is 12.4. The highest BCUT2D eigenvalue weighted by Crippen LogP contribution is 2.45. The molecule has 3 heterocycles. The fourth-order valence-electron chi connectivity index (χ4n) is 4.86. The second-order valence-corrected chi connectivity index (χ2v) is 12.0. The Bertz CT molecular complexity index is 1690. The van der Waals surface area contributed by atoms with Crippen molar-refractivity contribution in [3.8, 4) is 5.75 Å². The maximum absolute atomic E-state index is 15.2. The smallest absolute Gasteiger partial charge is 0.301 e. The van der Waals surface area contributed by atoms with Gasteiger partial charge < -0.3 is 9.84 Å². The van der Waals surface area contributed by atoms with E-state index in [1.807, 2.05) is 25.1 Å². The second kappa shape index (κ2) is 10.7. The summed E-state index contributed by atoms with van der Waals surface area (Å²) in [4.78, 5) is 27.9. The molecule has 0 spiro atoms. The molecule has 0 aliphatic carbocycles. The number of carbonyl (C=O) groups excluding carboxylic acids is 2. The van der Waals surface area contributed by atoms with Gasteiger partial charge >= 0.3 is 5.91 Å². The molecular weight excluding hydrogens is 573 g/mol. The highest BCUT2D eigenvalue weighted by molar-refractivity contribution is 8.00. The average Bonchev–Trinajstić information content (AvgIpc) is 3.63. The number of fused-ring (bicyclic) bond motifs is 1. The van der Waals surface area contributed by atoms with Crippen LogP contribution in [-0.2, 0) is 21.8 Å². The number of ether oxygens (including phenoxy) is 1. The zero-order valence-corrected chi connectivity index (χ0v) is 23.4. The van der Waals surface area contributed by atoms with Crippen LogP contribution in [0.2, 0.25) is 5.02 Å². The van der Waals surface area contributed by atoms with Gasteiger partial charge in [0.15, 0.2) is 4.34 Å². The van der Waals surface area contributed by atoms with Gasteiger partial charge in [-0.2, -0.15) is 0 Å². The van der Waals surface area contributed by atoms with Gasteiger partial charge in [-0.3, -0.25) is 14.5 Å². The predicted molar refractivity (Wildman–Crippen MR) is 152 cm³/mol. The number of thioether (sulfide) groups is 1. The van der Waals surface area contributed by atoms with Gasteiger partial charge in [-0.25, -0.2) is 4.39 Å². The van der Waals surface area contributed by atoms with E-state index in [1.165, 1.54) is 30.0 Å². The molecule has 0 saturated carbocycles. The number of rotatable bonds is 6. The monoisotopic (exact) mass is 593 g/mol. The van der Waals surface area contributed by atoms with E-state index in [2.05, 4.69) is 10.2 Å². The van der Waals surface area contributed by atoms with Crippen molar-refractivity contribution in [3.63, 3.8) is 0 Å². The van der Waals surface area contributed by atoms with E-state index >= 15 is 4.39 Å². The molecule has 4 aromatic rings. The molecule has 1 aromatic heterocycles. The second-order valence-electron chi connectivity index (χ2n) is 9.38. The van der Waals surface area contributed by atoms with Crippen molar-refractivity contribution in [2.45, 2.75) is 35.6 Å². The molecule has 0 bridgehead atoms. The summed E-state index contributed by atoms with van der Waals surface area (Å²) < 4.78 is 21.5. The van der Waals surface area contributed by atoms with Gasteiger partial charge in [0, 0.05) is 28.3 Å². The van der Waals surface area contributed by atoms with Crippen LogP contribution in [0.4, 0.5) is 9.52 Å². The minimum atomic E-state index is -1.24. The number of aliphatic hydroxyl groups excluding tert-OH is 1. The molecule has 0 unspecified atom stereocenters. The number of hydrogen-bond donors (Lipinski definition) is 1. The minimum absolute atomic E-state index is 0.0150. The third kappa shape index (κ3) is 4.76. The highest BCUT2D eigenvalue weighted by atomic mass is 35.5. The molecule has 1 N–H and O–H groups in total. The van der Waals surface area contributed by atoms with Gasteiger partial charge in [0.05, 0.1) is 5.57 Å². The summed E-state index contributed by atoms with van der Waals surface area (Å²) in [5.74, 6) is -1.66. The van der Waals surface area contributed by atoms with E-state index < -0.39 is 29.3 Å². The fourth-order valence-corrected chi connectivity index (χ4v) is 7.01. The van der Waals surface area contributed by atoms with Crippen LogP contribution in [0.3, 0.4) is 0 Å². The van der Waals surface area contributed by atoms with Crippen LogP contribution in [0.1, 0.15) is 35.2 Å². The molecule has 1 fully saturated rings. The minimum Gasteiger partial charge on any atom is -0.507 e. The lowest BCUT2D eigenvalue weighted by Crippen LogP contribution is -2.29. The summed E-state index contributed by atoms with van der Waals surface area (Å²) in [6, 6.07) is 17.1. The summed E-state index contributed by atoms with van der Waals surface area (Å²) in [5.41, 5.74) is 1.96. The Balaban J connectivity index is 1.40. The molecule has 7 nitrogen and oxygen atoms in total. The third-order valence-electron chi connectivity index (χ3n) is 6.72. The first-order valence-corrected chi connectivity index (χ1v) is 14.5. The zero-order chi connectivity index (χ0) is 28.0. The van der Waals surface area contributed by atoms with Crippen LogP contribution < -0.4 is 9.64 Å². The molecule has 2 atom stereocenters. The van der Waals surface area contributed by atoms with Gasteiger partial charge in [0.25, 0.3) is 5.78 Å². The maximum Gasteiger partial charge on any atom is 0.301 e. The molecular formula is C29H21ClFN3O4S2. The lowest BCUT2D eigenvalue weighted by molar-refractivity contribution is -0.132. The van der Waals surface area contributed by atoms with E-state index in [4.69, 9.17) is 16.3 Å². The Morgan fingerprint density at radius 2 is 1.93 bits per heavy atom. The number of aliphatic hydroxyl groups is 1. The molecule has 1 saturated heterocycles. The normalized spacial score (nSPS) is 19.6. The first kappa shape index (κ1) is 26.5. The van der Waals surface area contributed by atoms with Crippen LogP contribution in [0, 0.1) is 5.82 Å². The van der Waals surface area contributed by atoms with Crippen molar-refractivity contribution in [1.29, 1.82) is 0 Å². The summed E-state index contributed by atoms with van der Waals surface area (Å²) in [6.07, 6.45) is 0.625. The van der Waals surface area contributed by atoms with Gasteiger partial charge in [-0.15, -0.1) is 10.2 Å². The number of carbonyl (C=O) groups is 2. The number of ketones is 1. The van der Waals surface area contributed by atoms with Crippen LogP contribution in [0.15, 0.2) is 76.6 Å². The molecule has 0 radical (unpaired) electrons. The quantitative estimate of drug-likeness (QED) is 0.0888. The predicted octanol–water partition coefficient (Wildman–Crippen LogP) is 6.57. The Morgan fingerprint density at radius 1 is 1.15 bits per heavy atom. The number of benzene rings is 3. The van der Waals surface area contributed by atoms with Gasteiger partial charge in [-0.05, 0) is 48.4 Å². The average molecular weight is 594 g/mol. The largest absolute Gasteiger partial charge is 0.507 e. The van der Waals surface area contributed by atoms with Crippen LogP contribution >= 0.6 is 34.7 Å². The van der Waals surface area contributed by atoms with Crippen molar-refractivity contribution in [2.75, 3.05) is 4.90 Å². The molecule has 6 rings (SSSR count). The topological polar surface area (TPSA) is 92.6 Å². The van der Waals surface area contributed by atoms with Crippen LogP contribution in [0.25, 0.3) is 5.76 Å². The summed E-state index contributed by atoms with van der Waals surface area (Å²) in [6.45, 7) is 1.94. The molecule has 40 heavy (non-hydrogen) atoms. The Hall–Kier alpha value is -3.73. The number of aromatic nitrogens is 2. The number of Topliss-reactive ketones (excluding diaryl/α,β-unsaturated/α-hetero) is 1. The van der Waals surface area contributed by atoms with Crippen molar-refractivity contribution < 1.29 is 23.8 Å². The van der Waals surface area contributed by atoms with Crippen molar-refractivity contribution >= 4 is 57.3 Å². The molecule has 2 aliphatic heterocycles.